The molecule has 5 unspecified atom stereocenters. The Balaban J connectivity index is 1.36. The summed E-state index contributed by atoms with van der Waals surface area (Å²) in [6.45, 7) is 14.7. The molecule has 5 aliphatic carbocycles. The van der Waals surface area contributed by atoms with E-state index in [-0.39, 0.29) is 6.10 Å². The van der Waals surface area contributed by atoms with Crippen molar-refractivity contribution in [2.75, 3.05) is 7.11 Å². The van der Waals surface area contributed by atoms with Crippen LogP contribution in [0.1, 0.15) is 106 Å². The highest BCUT2D eigenvalue weighted by Crippen LogP contribution is 2.82. The van der Waals surface area contributed by atoms with Crippen LogP contribution in [0.5, 0.6) is 0 Å². The normalized spacial score (nSPS) is 52.0. The van der Waals surface area contributed by atoms with Crippen LogP contribution in [-0.4, -0.2) is 24.4 Å². The molecular formula is C30H52O2. The zero-order chi connectivity index (χ0) is 23.1. The maximum atomic E-state index is 11.3. The number of hydrogen-bond donors (Lipinski definition) is 1. The molecule has 5 rings (SSSR count). The van der Waals surface area contributed by atoms with Crippen LogP contribution in [0.25, 0.3) is 0 Å². The van der Waals surface area contributed by atoms with Crippen molar-refractivity contribution in [3.63, 3.8) is 0 Å². The molecular weight excluding hydrogens is 392 g/mol. The average Bonchev–Trinajstić information content (AvgIpc) is 3.27. The van der Waals surface area contributed by atoms with E-state index in [2.05, 4.69) is 41.5 Å². The first-order chi connectivity index (χ1) is 15.1. The summed E-state index contributed by atoms with van der Waals surface area (Å²) in [4.78, 5) is 0. The van der Waals surface area contributed by atoms with Gasteiger partial charge >= 0.3 is 0 Å². The van der Waals surface area contributed by atoms with Crippen LogP contribution >= 0.6 is 0 Å². The van der Waals surface area contributed by atoms with Crippen molar-refractivity contribution in [1.82, 2.24) is 0 Å². The second-order valence-electron chi connectivity index (χ2n) is 14.0. The van der Waals surface area contributed by atoms with Gasteiger partial charge in [0.25, 0.3) is 0 Å². The van der Waals surface area contributed by atoms with E-state index in [4.69, 9.17) is 4.74 Å². The molecule has 12 atom stereocenters. The molecule has 0 heterocycles. The number of hydrogen-bond acceptors (Lipinski definition) is 2. The average molecular weight is 445 g/mol. The van der Waals surface area contributed by atoms with Crippen molar-refractivity contribution in [2.45, 2.75) is 118 Å². The van der Waals surface area contributed by atoms with E-state index in [0.717, 1.165) is 30.1 Å². The molecule has 0 amide bonds. The highest BCUT2D eigenvalue weighted by atomic mass is 16.5. The fraction of sp³-hybridized carbons (Fsp3) is 1.00. The molecule has 1 spiro atoms. The summed E-state index contributed by atoms with van der Waals surface area (Å²) in [5.74, 6) is 6.02. The molecule has 1 N–H and O–H groups in total. The molecule has 5 aliphatic rings. The molecule has 0 radical (unpaired) electrons. The Kier molecular flexibility index (Phi) is 5.89. The first kappa shape index (κ1) is 23.7. The van der Waals surface area contributed by atoms with Crippen molar-refractivity contribution in [2.24, 2.45) is 63.6 Å². The van der Waals surface area contributed by atoms with Gasteiger partial charge in [-0.2, -0.15) is 0 Å². The third-order valence-electron chi connectivity index (χ3n) is 13.2. The standard InChI is InChI=1S/C30H52O2/c1-8-20(18(2)3)15-26(31)19(4)23-9-10-24-22-16-27(32-7)30-17-21(30)11-14-29(30,6)25(22)12-13-28(23,24)5/h18-27,31H,8-17H2,1-7H3/t19-,20+,21+,22?,23?,24?,25?,26-,27+,28+,29+,30?/m0/s1. The summed E-state index contributed by atoms with van der Waals surface area (Å²) in [5.41, 5.74) is 1.48. The minimum Gasteiger partial charge on any atom is -0.393 e. The molecule has 184 valence electrons. The lowest BCUT2D eigenvalue weighted by Crippen LogP contribution is -2.57. The molecule has 0 aliphatic heterocycles. The van der Waals surface area contributed by atoms with Gasteiger partial charge in [-0.15, -0.1) is 0 Å². The quantitative estimate of drug-likeness (QED) is 0.445. The van der Waals surface area contributed by atoms with Crippen molar-refractivity contribution >= 4 is 0 Å². The monoisotopic (exact) mass is 444 g/mol. The van der Waals surface area contributed by atoms with Gasteiger partial charge in [0.05, 0.1) is 12.2 Å². The molecule has 0 aromatic rings. The zero-order valence-electron chi connectivity index (χ0n) is 22.2. The van der Waals surface area contributed by atoms with Crippen molar-refractivity contribution in [3.05, 3.63) is 0 Å². The predicted octanol–water partition coefficient (Wildman–Crippen LogP) is 7.34. The van der Waals surface area contributed by atoms with Gasteiger partial charge in [0.15, 0.2) is 0 Å². The number of aliphatic hydroxyl groups excluding tert-OH is 1. The minimum atomic E-state index is -0.137. The van der Waals surface area contributed by atoms with Crippen LogP contribution in [0.4, 0.5) is 0 Å². The topological polar surface area (TPSA) is 29.5 Å². The molecule has 2 heteroatoms. The number of ether oxygens (including phenoxy) is 1. The second kappa shape index (κ2) is 7.97. The van der Waals surface area contributed by atoms with E-state index in [1.807, 2.05) is 7.11 Å². The van der Waals surface area contributed by atoms with Gasteiger partial charge in [0.1, 0.15) is 0 Å². The third kappa shape index (κ3) is 3.03. The summed E-state index contributed by atoms with van der Waals surface area (Å²) >= 11 is 0. The lowest BCUT2D eigenvalue weighted by molar-refractivity contribution is -0.162. The van der Waals surface area contributed by atoms with Gasteiger partial charge in [-0.3, -0.25) is 0 Å². The number of aliphatic hydroxyl groups is 1. The fourth-order valence-electron chi connectivity index (χ4n) is 11.2. The molecule has 0 aromatic carbocycles. The second-order valence-corrected chi connectivity index (χ2v) is 14.0. The van der Waals surface area contributed by atoms with Crippen molar-refractivity contribution in [3.8, 4) is 0 Å². The highest BCUT2D eigenvalue weighted by molar-refractivity contribution is 5.26. The summed E-state index contributed by atoms with van der Waals surface area (Å²) < 4.78 is 6.30. The molecule has 5 fully saturated rings. The van der Waals surface area contributed by atoms with E-state index in [1.54, 1.807) is 0 Å². The molecule has 5 saturated carbocycles. The Labute approximate surface area is 198 Å². The van der Waals surface area contributed by atoms with Crippen LogP contribution in [0, 0.1) is 63.6 Å². The summed E-state index contributed by atoms with van der Waals surface area (Å²) in [5, 5.41) is 11.3. The van der Waals surface area contributed by atoms with E-state index in [9.17, 15) is 5.11 Å². The SMILES string of the molecule is CC[C@H](C[C@H](O)[C@@H](C)C1CCC2C3C[C@@H](OC)C45C[C@H]4CC[C@]5(C)C3CC[C@@]21C)C(C)C. The maximum absolute atomic E-state index is 11.3. The third-order valence-corrected chi connectivity index (χ3v) is 13.2. The molecule has 0 bridgehead atoms. The Morgan fingerprint density at radius 1 is 1.00 bits per heavy atom. The van der Waals surface area contributed by atoms with Crippen LogP contribution < -0.4 is 0 Å². The van der Waals surface area contributed by atoms with E-state index in [0.29, 0.717) is 46.0 Å². The van der Waals surface area contributed by atoms with E-state index < -0.39 is 0 Å². The largest absolute Gasteiger partial charge is 0.393 e. The van der Waals surface area contributed by atoms with Crippen LogP contribution in [-0.2, 0) is 4.74 Å². The molecule has 0 aromatic heterocycles. The van der Waals surface area contributed by atoms with Gasteiger partial charge in [0.2, 0.25) is 0 Å². The van der Waals surface area contributed by atoms with Crippen molar-refractivity contribution in [1.29, 1.82) is 0 Å². The Bertz CT molecular complexity index is 703. The van der Waals surface area contributed by atoms with Crippen LogP contribution in [0.3, 0.4) is 0 Å². The van der Waals surface area contributed by atoms with Crippen molar-refractivity contribution < 1.29 is 9.84 Å². The molecule has 0 saturated heterocycles. The highest BCUT2D eigenvalue weighted by Gasteiger charge is 2.77. The number of methoxy groups -OCH3 is 1. The van der Waals surface area contributed by atoms with Crippen LogP contribution in [0.15, 0.2) is 0 Å². The minimum absolute atomic E-state index is 0.137. The molecule has 32 heavy (non-hydrogen) atoms. The lowest BCUT2D eigenvalue weighted by Gasteiger charge is -2.61. The van der Waals surface area contributed by atoms with Gasteiger partial charge in [-0.05, 0) is 116 Å². The summed E-state index contributed by atoms with van der Waals surface area (Å²) in [6.07, 6.45) is 13.8. The summed E-state index contributed by atoms with van der Waals surface area (Å²) in [6, 6.07) is 0. The maximum Gasteiger partial charge on any atom is 0.0638 e. The number of rotatable bonds is 7. The molecule has 2 nitrogen and oxygen atoms in total. The van der Waals surface area contributed by atoms with Gasteiger partial charge < -0.3 is 9.84 Å². The smallest absolute Gasteiger partial charge is 0.0638 e. The predicted molar refractivity (Wildman–Crippen MR) is 132 cm³/mol. The van der Waals surface area contributed by atoms with Crippen LogP contribution in [0.2, 0.25) is 0 Å². The van der Waals surface area contributed by atoms with E-state index >= 15 is 0 Å². The Morgan fingerprint density at radius 3 is 2.38 bits per heavy atom. The van der Waals surface area contributed by atoms with Gasteiger partial charge in [-0.25, -0.2) is 0 Å². The van der Waals surface area contributed by atoms with E-state index in [1.165, 1.54) is 57.8 Å². The van der Waals surface area contributed by atoms with Gasteiger partial charge in [0, 0.05) is 12.5 Å². The Morgan fingerprint density at radius 2 is 1.75 bits per heavy atom. The fourth-order valence-corrected chi connectivity index (χ4v) is 11.2. The first-order valence-electron chi connectivity index (χ1n) is 14.3. The Hall–Kier alpha value is -0.0800. The first-order valence-corrected chi connectivity index (χ1v) is 14.3. The number of fused-ring (bicyclic) bond motifs is 4. The lowest BCUT2D eigenvalue weighted by atomic mass is 9.45. The zero-order valence-corrected chi connectivity index (χ0v) is 22.2. The van der Waals surface area contributed by atoms with Gasteiger partial charge in [-0.1, -0.05) is 48.0 Å². The summed E-state index contributed by atoms with van der Waals surface area (Å²) in [7, 11) is 2.00.